The molecular weight excluding hydrogens is 416 g/mol. The summed E-state index contributed by atoms with van der Waals surface area (Å²) in [7, 11) is 0. The molecule has 0 N–H and O–H groups in total. The third-order valence-electron chi connectivity index (χ3n) is 3.78. The maximum absolute atomic E-state index is 6.16. The van der Waals surface area contributed by atoms with E-state index in [1.165, 1.54) is 0 Å². The van der Waals surface area contributed by atoms with Crippen LogP contribution in [0, 0.1) is 0 Å². The van der Waals surface area contributed by atoms with Gasteiger partial charge < -0.3 is 0 Å². The van der Waals surface area contributed by atoms with Gasteiger partial charge in [-0.15, -0.1) is 0 Å². The third kappa shape index (κ3) is 14.9. The van der Waals surface area contributed by atoms with Gasteiger partial charge >= 0.3 is 183 Å². The topological polar surface area (TPSA) is 73.8 Å². The fourth-order valence-corrected chi connectivity index (χ4v) is 5.98. The summed E-state index contributed by atoms with van der Waals surface area (Å²) in [4.78, 5) is 0. The molecule has 0 rings (SSSR count). The molecular formula is C20H44O8Ti. The average molecular weight is 460 g/mol. The van der Waals surface area contributed by atoms with Gasteiger partial charge in [0.2, 0.25) is 0 Å². The quantitative estimate of drug-likeness (QED) is 0.256. The van der Waals surface area contributed by atoms with Crippen LogP contribution < -0.4 is 0 Å². The van der Waals surface area contributed by atoms with Gasteiger partial charge in [0.25, 0.3) is 0 Å². The molecule has 9 heteroatoms. The summed E-state index contributed by atoms with van der Waals surface area (Å²) in [6.07, 6.45) is -0.394. The second-order valence-electron chi connectivity index (χ2n) is 6.81. The first-order valence-corrected chi connectivity index (χ1v) is 13.4. The van der Waals surface area contributed by atoms with Crippen LogP contribution in [-0.2, 0) is 50.4 Å². The van der Waals surface area contributed by atoms with Gasteiger partial charge in [-0.05, 0) is 0 Å². The van der Waals surface area contributed by atoms with Crippen molar-refractivity contribution in [3.05, 3.63) is 0 Å². The number of hydrogen-bond donors (Lipinski definition) is 0. The summed E-state index contributed by atoms with van der Waals surface area (Å²) >= 11 is -4.11. The summed E-state index contributed by atoms with van der Waals surface area (Å²) in [5, 5.41) is 0. The number of ether oxygens (including phenoxy) is 4. The van der Waals surface area contributed by atoms with Gasteiger partial charge in [-0.2, -0.15) is 0 Å². The molecule has 0 aromatic carbocycles. The Bertz CT molecular complexity index is 305. The molecule has 0 saturated heterocycles. The number of rotatable bonds is 20. The van der Waals surface area contributed by atoms with E-state index in [4.69, 9.17) is 32.2 Å². The Morgan fingerprint density at radius 1 is 0.448 bits per heavy atom. The monoisotopic (exact) mass is 460 g/mol. The summed E-state index contributed by atoms with van der Waals surface area (Å²) in [6.45, 7) is 19.3. The van der Waals surface area contributed by atoms with Crippen molar-refractivity contribution in [2.75, 3.05) is 52.9 Å². The fraction of sp³-hybridized carbons (Fsp3) is 1.00. The minimum absolute atomic E-state index is 0.0984. The molecule has 0 spiro atoms. The molecule has 0 radical (unpaired) electrons. The fourth-order valence-electron chi connectivity index (χ4n) is 2.46. The molecule has 4 atom stereocenters. The molecule has 0 bridgehead atoms. The Labute approximate surface area is 183 Å². The van der Waals surface area contributed by atoms with E-state index in [1.54, 1.807) is 0 Å². The first-order chi connectivity index (χ1) is 13.8. The Morgan fingerprint density at radius 2 is 0.655 bits per heavy atom. The van der Waals surface area contributed by atoms with Crippen LogP contribution in [0.1, 0.15) is 55.4 Å². The average Bonchev–Trinajstić information content (AvgIpc) is 2.68. The van der Waals surface area contributed by atoms with Gasteiger partial charge in [0.05, 0.1) is 0 Å². The van der Waals surface area contributed by atoms with Crippen molar-refractivity contribution in [3.8, 4) is 0 Å². The molecule has 29 heavy (non-hydrogen) atoms. The zero-order valence-electron chi connectivity index (χ0n) is 19.7. The molecule has 0 heterocycles. The molecule has 0 aliphatic rings. The van der Waals surface area contributed by atoms with Gasteiger partial charge in [-0.1, -0.05) is 0 Å². The predicted octanol–water partition coefficient (Wildman–Crippen LogP) is 3.57. The van der Waals surface area contributed by atoms with Gasteiger partial charge in [-0.3, -0.25) is 0 Å². The zero-order valence-corrected chi connectivity index (χ0v) is 21.3. The van der Waals surface area contributed by atoms with E-state index in [2.05, 4.69) is 0 Å². The Morgan fingerprint density at radius 3 is 0.828 bits per heavy atom. The third-order valence-corrected chi connectivity index (χ3v) is 7.03. The maximum atomic E-state index is 6.16. The molecule has 176 valence electrons. The Kier molecular flexibility index (Phi) is 18.3. The van der Waals surface area contributed by atoms with Gasteiger partial charge in [0, 0.05) is 0 Å². The second-order valence-corrected chi connectivity index (χ2v) is 10.2. The zero-order chi connectivity index (χ0) is 22.1. The van der Waals surface area contributed by atoms with E-state index in [1.807, 2.05) is 55.4 Å². The Balaban J connectivity index is 5.25. The van der Waals surface area contributed by atoms with Gasteiger partial charge in [0.15, 0.2) is 0 Å². The normalized spacial score (nSPS) is 18.2. The van der Waals surface area contributed by atoms with Crippen molar-refractivity contribution in [2.45, 2.75) is 79.8 Å². The van der Waals surface area contributed by atoms with Crippen LogP contribution in [0.4, 0.5) is 0 Å². The van der Waals surface area contributed by atoms with Crippen molar-refractivity contribution in [1.29, 1.82) is 0 Å². The minimum atomic E-state index is -4.11. The van der Waals surface area contributed by atoms with Crippen LogP contribution in [0.3, 0.4) is 0 Å². The molecule has 0 amide bonds. The first kappa shape index (κ1) is 29.4. The molecule has 0 aliphatic heterocycles. The molecule has 0 aromatic heterocycles. The van der Waals surface area contributed by atoms with Crippen LogP contribution in [0.5, 0.6) is 0 Å². The molecule has 0 saturated carbocycles. The summed E-state index contributed by atoms with van der Waals surface area (Å²) in [6, 6.07) is 0. The van der Waals surface area contributed by atoms with E-state index >= 15 is 0 Å². The summed E-state index contributed by atoms with van der Waals surface area (Å²) < 4.78 is 47.0. The summed E-state index contributed by atoms with van der Waals surface area (Å²) in [5.74, 6) is 0. The van der Waals surface area contributed by atoms with Crippen molar-refractivity contribution in [2.24, 2.45) is 0 Å². The second kappa shape index (κ2) is 18.0. The van der Waals surface area contributed by atoms with Crippen LogP contribution in [0.2, 0.25) is 0 Å². The van der Waals surface area contributed by atoms with Gasteiger partial charge in [-0.25, -0.2) is 0 Å². The first-order valence-electron chi connectivity index (χ1n) is 10.8. The van der Waals surface area contributed by atoms with E-state index in [9.17, 15) is 0 Å². The summed E-state index contributed by atoms with van der Waals surface area (Å²) in [5.41, 5.74) is 0. The van der Waals surface area contributed by atoms with Crippen LogP contribution in [0.15, 0.2) is 0 Å². The van der Waals surface area contributed by atoms with E-state index in [0.717, 1.165) is 0 Å². The SMILES string of the molecule is CCOC(C)C[O][Ti]([O]CC(C)OCC)([O]CC(C)OCC)[O]CC(C)OCC. The van der Waals surface area contributed by atoms with E-state index in [-0.39, 0.29) is 24.4 Å². The predicted molar refractivity (Wildman–Crippen MR) is 108 cm³/mol. The van der Waals surface area contributed by atoms with Crippen molar-refractivity contribution < 1.29 is 50.4 Å². The van der Waals surface area contributed by atoms with Gasteiger partial charge in [0.1, 0.15) is 0 Å². The molecule has 0 fully saturated rings. The van der Waals surface area contributed by atoms with Crippen molar-refractivity contribution in [3.63, 3.8) is 0 Å². The molecule has 4 unspecified atom stereocenters. The van der Waals surface area contributed by atoms with E-state index < -0.39 is 18.1 Å². The standard InChI is InChI=1S/4C5H11O2.Ti/c4*1-3-7-5(2)4-6;/h4*5H,3-4H2,1-2H3;/q4*-1;+4. The Hall–Kier alpha value is 0.394. The molecule has 8 nitrogen and oxygen atoms in total. The molecule has 0 aromatic rings. The number of hydrogen-bond acceptors (Lipinski definition) is 8. The van der Waals surface area contributed by atoms with Crippen LogP contribution in [-0.4, -0.2) is 77.3 Å². The molecule has 0 aliphatic carbocycles. The van der Waals surface area contributed by atoms with Crippen molar-refractivity contribution in [1.82, 2.24) is 0 Å². The van der Waals surface area contributed by atoms with E-state index in [0.29, 0.717) is 52.9 Å². The van der Waals surface area contributed by atoms with Crippen molar-refractivity contribution >= 4 is 0 Å². The van der Waals surface area contributed by atoms with Crippen LogP contribution in [0.25, 0.3) is 0 Å². The van der Waals surface area contributed by atoms with Crippen LogP contribution >= 0.6 is 0 Å².